The quantitative estimate of drug-likeness (QED) is 0.869. The number of ether oxygens (including phenoxy) is 1. The number of rotatable bonds is 6. The van der Waals surface area contributed by atoms with E-state index in [0.29, 0.717) is 24.2 Å². The van der Waals surface area contributed by atoms with Crippen molar-refractivity contribution in [3.63, 3.8) is 0 Å². The minimum absolute atomic E-state index is 0.392. The van der Waals surface area contributed by atoms with Crippen LogP contribution >= 0.6 is 0 Å². The summed E-state index contributed by atoms with van der Waals surface area (Å²) < 4.78 is 11.6. The molecule has 0 spiro atoms. The van der Waals surface area contributed by atoms with Gasteiger partial charge in [-0.25, -0.2) is 0 Å². The van der Waals surface area contributed by atoms with Gasteiger partial charge in [0.1, 0.15) is 5.60 Å². The molecule has 0 amide bonds. The van der Waals surface area contributed by atoms with Crippen LogP contribution in [-0.4, -0.2) is 16.7 Å². The first-order chi connectivity index (χ1) is 9.99. The monoisotopic (exact) mass is 295 g/mol. The summed E-state index contributed by atoms with van der Waals surface area (Å²) in [5.41, 5.74) is 5.45. The minimum Gasteiger partial charge on any atom is -0.367 e. The first-order valence-corrected chi connectivity index (χ1v) is 8.27. The van der Waals surface area contributed by atoms with E-state index in [2.05, 4.69) is 17.1 Å². The standard InChI is InChI=1S/C16H29N3O2/c1-5-15(17,6-2)14-18-13(19-21-14)16(20-7-3)10-8-9-12(4)11-16/h12H,5-11,17H2,1-4H3. The van der Waals surface area contributed by atoms with Gasteiger partial charge in [-0.05, 0) is 44.9 Å². The third-order valence-electron chi connectivity index (χ3n) is 4.90. The highest BCUT2D eigenvalue weighted by atomic mass is 16.5. The molecule has 0 saturated heterocycles. The van der Waals surface area contributed by atoms with Crippen LogP contribution in [0.4, 0.5) is 0 Å². The third-order valence-corrected chi connectivity index (χ3v) is 4.90. The maximum Gasteiger partial charge on any atom is 0.246 e. The highest BCUT2D eigenvalue weighted by molar-refractivity contribution is 5.08. The van der Waals surface area contributed by atoms with E-state index in [1.165, 1.54) is 6.42 Å². The molecule has 0 aromatic carbocycles. The topological polar surface area (TPSA) is 74.2 Å². The van der Waals surface area contributed by atoms with E-state index < -0.39 is 11.1 Å². The summed E-state index contributed by atoms with van der Waals surface area (Å²) in [6.45, 7) is 9.04. The molecule has 0 bridgehead atoms. The Bertz CT molecular complexity index is 452. The van der Waals surface area contributed by atoms with Crippen LogP contribution in [0.3, 0.4) is 0 Å². The Labute approximate surface area is 127 Å². The average Bonchev–Trinajstić information content (AvgIpc) is 2.98. The van der Waals surface area contributed by atoms with E-state index in [-0.39, 0.29) is 0 Å². The van der Waals surface area contributed by atoms with Crippen LogP contribution in [0.25, 0.3) is 0 Å². The molecule has 2 rings (SSSR count). The van der Waals surface area contributed by atoms with Crippen molar-refractivity contribution >= 4 is 0 Å². The second kappa shape index (κ2) is 6.44. The molecule has 120 valence electrons. The van der Waals surface area contributed by atoms with Gasteiger partial charge >= 0.3 is 0 Å². The van der Waals surface area contributed by atoms with Crippen LogP contribution in [0, 0.1) is 5.92 Å². The van der Waals surface area contributed by atoms with Crippen molar-refractivity contribution < 1.29 is 9.26 Å². The zero-order chi connectivity index (χ0) is 15.5. The molecule has 1 aliphatic rings. The van der Waals surface area contributed by atoms with Crippen molar-refractivity contribution in [2.24, 2.45) is 11.7 Å². The summed E-state index contributed by atoms with van der Waals surface area (Å²) in [5, 5.41) is 4.24. The number of hydrogen-bond donors (Lipinski definition) is 1. The molecule has 1 aromatic heterocycles. The number of aromatic nitrogens is 2. The van der Waals surface area contributed by atoms with Crippen LogP contribution in [-0.2, 0) is 15.9 Å². The molecular weight excluding hydrogens is 266 g/mol. The third kappa shape index (κ3) is 3.14. The summed E-state index contributed by atoms with van der Waals surface area (Å²) in [6.07, 6.45) is 5.85. The zero-order valence-electron chi connectivity index (χ0n) is 13.8. The molecule has 2 N–H and O–H groups in total. The molecule has 1 heterocycles. The molecule has 1 aliphatic carbocycles. The van der Waals surface area contributed by atoms with E-state index in [4.69, 9.17) is 15.0 Å². The van der Waals surface area contributed by atoms with E-state index >= 15 is 0 Å². The molecule has 1 saturated carbocycles. The lowest BCUT2D eigenvalue weighted by molar-refractivity contribution is -0.0891. The molecular formula is C16H29N3O2. The van der Waals surface area contributed by atoms with Crippen molar-refractivity contribution in [1.29, 1.82) is 0 Å². The fraction of sp³-hybridized carbons (Fsp3) is 0.875. The summed E-state index contributed by atoms with van der Waals surface area (Å²) in [7, 11) is 0. The summed E-state index contributed by atoms with van der Waals surface area (Å²) in [4.78, 5) is 4.65. The van der Waals surface area contributed by atoms with E-state index in [9.17, 15) is 0 Å². The molecule has 1 aromatic rings. The molecule has 0 aliphatic heterocycles. The SMILES string of the molecule is CCOC1(c2noc(C(N)(CC)CC)n2)CCCC(C)C1. The molecule has 2 unspecified atom stereocenters. The summed E-state index contributed by atoms with van der Waals surface area (Å²) in [6, 6.07) is 0. The Morgan fingerprint density at radius 1 is 1.38 bits per heavy atom. The van der Waals surface area contributed by atoms with Gasteiger partial charge in [-0.15, -0.1) is 0 Å². The van der Waals surface area contributed by atoms with Gasteiger partial charge in [0.25, 0.3) is 0 Å². The summed E-state index contributed by atoms with van der Waals surface area (Å²) >= 11 is 0. The number of nitrogens with two attached hydrogens (primary N) is 1. The van der Waals surface area contributed by atoms with Gasteiger partial charge in [0.05, 0.1) is 5.54 Å². The Morgan fingerprint density at radius 2 is 2.10 bits per heavy atom. The number of nitrogens with zero attached hydrogens (tertiary/aromatic N) is 2. The minimum atomic E-state index is -0.529. The highest BCUT2D eigenvalue weighted by Crippen LogP contribution is 2.42. The van der Waals surface area contributed by atoms with Gasteiger partial charge in [0, 0.05) is 6.61 Å². The number of hydrogen-bond acceptors (Lipinski definition) is 5. The largest absolute Gasteiger partial charge is 0.367 e. The first kappa shape index (κ1) is 16.4. The van der Waals surface area contributed by atoms with Crippen molar-refractivity contribution in [2.75, 3.05) is 6.61 Å². The lowest BCUT2D eigenvalue weighted by Gasteiger charge is -2.37. The fourth-order valence-corrected chi connectivity index (χ4v) is 3.34. The Balaban J connectivity index is 2.32. The van der Waals surface area contributed by atoms with Gasteiger partial charge in [0.15, 0.2) is 0 Å². The van der Waals surface area contributed by atoms with Crippen molar-refractivity contribution in [3.05, 3.63) is 11.7 Å². The maximum absolute atomic E-state index is 6.37. The zero-order valence-corrected chi connectivity index (χ0v) is 13.8. The van der Waals surface area contributed by atoms with Gasteiger partial charge in [0.2, 0.25) is 11.7 Å². The van der Waals surface area contributed by atoms with E-state index in [1.807, 2.05) is 20.8 Å². The Morgan fingerprint density at radius 3 is 2.67 bits per heavy atom. The maximum atomic E-state index is 6.37. The second-order valence-corrected chi connectivity index (χ2v) is 6.42. The first-order valence-electron chi connectivity index (χ1n) is 8.27. The molecule has 2 atom stereocenters. The molecule has 5 heteroatoms. The Hall–Kier alpha value is -0.940. The van der Waals surface area contributed by atoms with E-state index in [1.54, 1.807) is 0 Å². The van der Waals surface area contributed by atoms with Crippen molar-refractivity contribution in [3.8, 4) is 0 Å². The van der Waals surface area contributed by atoms with Gasteiger partial charge in [-0.1, -0.05) is 32.3 Å². The van der Waals surface area contributed by atoms with Crippen LogP contribution in [0.2, 0.25) is 0 Å². The smallest absolute Gasteiger partial charge is 0.246 e. The summed E-state index contributed by atoms with van der Waals surface area (Å²) in [5.74, 6) is 1.84. The van der Waals surface area contributed by atoms with Crippen molar-refractivity contribution in [2.45, 2.75) is 77.4 Å². The highest BCUT2D eigenvalue weighted by Gasteiger charge is 2.43. The van der Waals surface area contributed by atoms with Crippen molar-refractivity contribution in [1.82, 2.24) is 10.1 Å². The van der Waals surface area contributed by atoms with Crippen LogP contribution in [0.15, 0.2) is 4.52 Å². The van der Waals surface area contributed by atoms with Crippen LogP contribution < -0.4 is 5.73 Å². The molecule has 5 nitrogen and oxygen atoms in total. The van der Waals surface area contributed by atoms with Gasteiger partial charge < -0.3 is 15.0 Å². The second-order valence-electron chi connectivity index (χ2n) is 6.42. The van der Waals surface area contributed by atoms with Crippen LogP contribution in [0.5, 0.6) is 0 Å². The molecule has 0 radical (unpaired) electrons. The average molecular weight is 295 g/mol. The molecule has 21 heavy (non-hydrogen) atoms. The normalized spacial score (nSPS) is 27.0. The predicted molar refractivity (Wildman–Crippen MR) is 81.7 cm³/mol. The van der Waals surface area contributed by atoms with Crippen LogP contribution in [0.1, 0.15) is 77.9 Å². The van der Waals surface area contributed by atoms with Gasteiger partial charge in [-0.2, -0.15) is 4.98 Å². The lowest BCUT2D eigenvalue weighted by Crippen LogP contribution is -2.38. The fourth-order valence-electron chi connectivity index (χ4n) is 3.34. The Kier molecular flexibility index (Phi) is 5.04. The lowest BCUT2D eigenvalue weighted by atomic mass is 9.78. The van der Waals surface area contributed by atoms with E-state index in [0.717, 1.165) is 32.1 Å². The van der Waals surface area contributed by atoms with Gasteiger partial charge in [-0.3, -0.25) is 0 Å². The molecule has 1 fully saturated rings. The predicted octanol–water partition coefficient (Wildman–Crippen LogP) is 3.49.